The molecule has 1 fully saturated rings. The number of rotatable bonds is 6. The summed E-state index contributed by atoms with van der Waals surface area (Å²) in [5.74, 6) is -0.304. The third-order valence-electron chi connectivity index (χ3n) is 5.57. The number of nitro benzene ring substituents is 1. The summed E-state index contributed by atoms with van der Waals surface area (Å²) in [4.78, 5) is 37.4. The topological polar surface area (TPSA) is 142 Å². The fourth-order valence-corrected chi connectivity index (χ4v) is 6.40. The van der Waals surface area contributed by atoms with Gasteiger partial charge in [-0.05, 0) is 19.1 Å². The Labute approximate surface area is 205 Å². The molecule has 13 heteroatoms. The van der Waals surface area contributed by atoms with Crippen molar-refractivity contribution in [1.29, 1.82) is 0 Å². The third-order valence-corrected chi connectivity index (χ3v) is 8.55. The number of carbonyl (C=O) groups excluding carboxylic acids is 2. The Morgan fingerprint density at radius 1 is 1.09 bits per heavy atom. The highest BCUT2D eigenvalue weighted by Crippen LogP contribution is 2.36. The van der Waals surface area contributed by atoms with E-state index < -0.39 is 21.0 Å². The predicted molar refractivity (Wildman–Crippen MR) is 132 cm³/mol. The first kappa shape index (κ1) is 24.6. The Morgan fingerprint density at radius 3 is 2.49 bits per heavy atom. The molecule has 0 atom stereocenters. The van der Waals surface area contributed by atoms with E-state index in [2.05, 4.69) is 10.6 Å². The quantitative estimate of drug-likeness (QED) is 0.380. The first-order valence-electron chi connectivity index (χ1n) is 10.8. The van der Waals surface area contributed by atoms with Gasteiger partial charge in [-0.1, -0.05) is 24.3 Å². The van der Waals surface area contributed by atoms with Crippen molar-refractivity contribution in [3.63, 3.8) is 0 Å². The number of thiophene rings is 1. The lowest BCUT2D eigenvalue weighted by Crippen LogP contribution is -2.50. The van der Waals surface area contributed by atoms with Gasteiger partial charge >= 0.3 is 6.03 Å². The third kappa shape index (κ3) is 4.97. The summed E-state index contributed by atoms with van der Waals surface area (Å²) in [5, 5.41) is 17.6. The average Bonchev–Trinajstić information content (AvgIpc) is 3.21. The zero-order chi connectivity index (χ0) is 25.2. The molecule has 0 spiro atoms. The largest absolute Gasteiger partial charge is 0.338 e. The van der Waals surface area contributed by atoms with E-state index in [1.165, 1.54) is 33.8 Å². The van der Waals surface area contributed by atoms with Gasteiger partial charge in [0.25, 0.3) is 11.6 Å². The number of benzene rings is 2. The highest BCUT2D eigenvalue weighted by molar-refractivity contribution is 7.89. The van der Waals surface area contributed by atoms with E-state index >= 15 is 0 Å². The molecule has 0 unspecified atom stereocenters. The van der Waals surface area contributed by atoms with Crippen LogP contribution in [0.5, 0.6) is 0 Å². The predicted octanol–water partition coefficient (Wildman–Crippen LogP) is 3.10. The van der Waals surface area contributed by atoms with Gasteiger partial charge in [-0.25, -0.2) is 13.2 Å². The number of nitro groups is 1. The maximum atomic E-state index is 13.5. The smallest absolute Gasteiger partial charge is 0.319 e. The Kier molecular flexibility index (Phi) is 7.00. The van der Waals surface area contributed by atoms with Crippen LogP contribution in [0.3, 0.4) is 0 Å². The molecule has 2 heterocycles. The van der Waals surface area contributed by atoms with Crippen LogP contribution >= 0.6 is 11.3 Å². The van der Waals surface area contributed by atoms with Crippen LogP contribution in [-0.4, -0.2) is 67.2 Å². The van der Waals surface area contributed by atoms with Crippen molar-refractivity contribution in [2.75, 3.05) is 38.0 Å². The fraction of sp³-hybridized carbons (Fsp3) is 0.273. The van der Waals surface area contributed by atoms with Crippen LogP contribution in [0.15, 0.2) is 53.4 Å². The van der Waals surface area contributed by atoms with Gasteiger partial charge in [0.2, 0.25) is 10.0 Å². The number of hydrogen-bond acceptors (Lipinski definition) is 7. The molecule has 1 saturated heterocycles. The minimum Gasteiger partial charge on any atom is -0.338 e. The Balaban J connectivity index is 1.54. The molecule has 11 nitrogen and oxygen atoms in total. The first-order valence-corrected chi connectivity index (χ1v) is 13.1. The molecule has 1 aliphatic rings. The van der Waals surface area contributed by atoms with Gasteiger partial charge in [-0.15, -0.1) is 11.3 Å². The molecule has 0 bridgehead atoms. The van der Waals surface area contributed by atoms with Gasteiger partial charge in [-0.3, -0.25) is 20.2 Å². The summed E-state index contributed by atoms with van der Waals surface area (Å²) in [6.45, 7) is 2.57. The number of amides is 3. The fourth-order valence-electron chi connectivity index (χ4n) is 3.85. The van der Waals surface area contributed by atoms with E-state index in [1.807, 2.05) is 24.3 Å². The average molecular weight is 518 g/mol. The number of nitrogens with one attached hydrogen (secondary N) is 2. The molecule has 35 heavy (non-hydrogen) atoms. The Morgan fingerprint density at radius 2 is 1.80 bits per heavy atom. The molecular formula is C22H23N5O6S2. The standard InChI is InChI=1S/C22H23N5O6S2/c1-2-23-22(29)24-20-19(17-8-3-4-9-18(17)34-20)21(28)25-10-12-26(13-11-25)35(32,33)16-7-5-6-15(14-16)27(30)31/h3-9,14H,2,10-13H2,1H3,(H2,23,24,29). The van der Waals surface area contributed by atoms with E-state index in [9.17, 15) is 28.1 Å². The SMILES string of the molecule is CCNC(=O)Nc1sc2ccccc2c1C(=O)N1CCN(S(=O)(=O)c2cccc([N+](=O)[O-])c2)CC1. The number of fused-ring (bicyclic) bond motifs is 1. The zero-order valence-corrected chi connectivity index (χ0v) is 20.4. The van der Waals surface area contributed by atoms with Crippen molar-refractivity contribution in [2.45, 2.75) is 11.8 Å². The molecular weight excluding hydrogens is 494 g/mol. The van der Waals surface area contributed by atoms with E-state index in [-0.39, 0.29) is 42.7 Å². The van der Waals surface area contributed by atoms with Gasteiger partial charge in [-0.2, -0.15) is 4.31 Å². The second-order valence-corrected chi connectivity index (χ2v) is 10.7. The van der Waals surface area contributed by atoms with Crippen LogP contribution in [0.4, 0.5) is 15.5 Å². The van der Waals surface area contributed by atoms with E-state index in [4.69, 9.17) is 0 Å². The van der Waals surface area contributed by atoms with Crippen LogP contribution in [0.2, 0.25) is 0 Å². The van der Waals surface area contributed by atoms with Gasteiger partial charge < -0.3 is 10.2 Å². The summed E-state index contributed by atoms with van der Waals surface area (Å²) in [7, 11) is -3.96. The summed E-state index contributed by atoms with van der Waals surface area (Å²) < 4.78 is 28.1. The van der Waals surface area contributed by atoms with Crippen molar-refractivity contribution < 1.29 is 22.9 Å². The Hall–Kier alpha value is -3.55. The first-order chi connectivity index (χ1) is 16.7. The monoisotopic (exact) mass is 517 g/mol. The normalized spacial score (nSPS) is 14.6. The van der Waals surface area contributed by atoms with Crippen molar-refractivity contribution in [1.82, 2.24) is 14.5 Å². The maximum Gasteiger partial charge on any atom is 0.319 e. The second kappa shape index (κ2) is 9.98. The highest BCUT2D eigenvalue weighted by Gasteiger charge is 2.33. The van der Waals surface area contributed by atoms with E-state index in [1.54, 1.807) is 11.8 Å². The lowest BCUT2D eigenvalue weighted by atomic mass is 10.1. The van der Waals surface area contributed by atoms with Crippen LogP contribution in [0.1, 0.15) is 17.3 Å². The Bertz CT molecular complexity index is 1400. The molecule has 1 aromatic heterocycles. The second-order valence-electron chi connectivity index (χ2n) is 7.74. The van der Waals surface area contributed by atoms with Crippen LogP contribution in [-0.2, 0) is 10.0 Å². The van der Waals surface area contributed by atoms with E-state index in [0.717, 1.165) is 10.8 Å². The number of anilines is 1. The minimum absolute atomic E-state index is 0.0396. The zero-order valence-electron chi connectivity index (χ0n) is 18.8. The molecule has 0 saturated carbocycles. The molecule has 3 amide bonds. The number of urea groups is 1. The van der Waals surface area contributed by atoms with Crippen LogP contribution in [0.25, 0.3) is 10.1 Å². The van der Waals surface area contributed by atoms with Crippen molar-refractivity contribution >= 4 is 54.1 Å². The number of sulfonamides is 1. The summed E-state index contributed by atoms with van der Waals surface area (Å²) in [5.41, 5.74) is 0.0585. The van der Waals surface area contributed by atoms with Gasteiger partial charge in [0.15, 0.2) is 0 Å². The van der Waals surface area contributed by atoms with Crippen molar-refractivity contribution in [3.05, 3.63) is 64.2 Å². The number of hydrogen-bond donors (Lipinski definition) is 2. The molecule has 1 aliphatic heterocycles. The van der Waals surface area contributed by atoms with Crippen molar-refractivity contribution in [3.8, 4) is 0 Å². The molecule has 3 aromatic rings. The van der Waals surface area contributed by atoms with Gasteiger partial charge in [0.05, 0.1) is 15.4 Å². The summed E-state index contributed by atoms with van der Waals surface area (Å²) >= 11 is 1.30. The lowest BCUT2D eigenvalue weighted by molar-refractivity contribution is -0.385. The molecule has 0 aliphatic carbocycles. The van der Waals surface area contributed by atoms with Crippen molar-refractivity contribution in [2.24, 2.45) is 0 Å². The minimum atomic E-state index is -3.96. The van der Waals surface area contributed by atoms with Crippen LogP contribution < -0.4 is 10.6 Å². The number of nitrogens with zero attached hydrogens (tertiary/aromatic N) is 3. The van der Waals surface area contributed by atoms with E-state index in [0.29, 0.717) is 22.5 Å². The summed E-state index contributed by atoms with van der Waals surface area (Å²) in [6.07, 6.45) is 0. The number of carbonyl (C=O) groups is 2. The molecule has 0 radical (unpaired) electrons. The van der Waals surface area contributed by atoms with Gasteiger partial charge in [0, 0.05) is 54.9 Å². The summed E-state index contributed by atoms with van der Waals surface area (Å²) in [6, 6.07) is 11.8. The van der Waals surface area contributed by atoms with Gasteiger partial charge in [0.1, 0.15) is 5.00 Å². The lowest BCUT2D eigenvalue weighted by Gasteiger charge is -2.34. The number of non-ortho nitro benzene ring substituents is 1. The molecule has 2 N–H and O–H groups in total. The maximum absolute atomic E-state index is 13.5. The molecule has 2 aromatic carbocycles. The van der Waals surface area contributed by atoms with Crippen LogP contribution in [0, 0.1) is 10.1 Å². The highest BCUT2D eigenvalue weighted by atomic mass is 32.2. The molecule has 4 rings (SSSR count). The molecule has 184 valence electrons. The number of piperazine rings is 1.